The first-order valence-corrected chi connectivity index (χ1v) is 21.8. The first-order chi connectivity index (χ1) is 26.7. The lowest BCUT2D eigenvalue weighted by Crippen LogP contribution is -2.13. The molecule has 6 aromatic carbocycles. The summed E-state index contributed by atoms with van der Waals surface area (Å²) in [4.78, 5) is 6.21. The SMILES string of the molecule is CCCCSc1cc(C)c(N(c2ccc(CC)cc2)c2ccc(-c3ccc(N(c4ccc(CS)cc4)c4c(C)cc(CCCC)cc4C)cc3)cc2)c(C)c1. The Morgan fingerprint density at radius 3 is 1.27 bits per heavy atom. The van der Waals surface area contributed by atoms with E-state index in [0.717, 1.165) is 41.4 Å². The summed E-state index contributed by atoms with van der Waals surface area (Å²) in [5, 5.41) is 0. The number of aryl methyl sites for hydroxylation is 6. The van der Waals surface area contributed by atoms with Crippen molar-refractivity contribution < 1.29 is 0 Å². The van der Waals surface area contributed by atoms with Crippen LogP contribution in [0.15, 0.2) is 126 Å². The van der Waals surface area contributed by atoms with Gasteiger partial charge < -0.3 is 9.80 Å². The molecule has 0 heterocycles. The van der Waals surface area contributed by atoms with Crippen LogP contribution >= 0.6 is 24.4 Å². The number of unbranched alkanes of at least 4 members (excludes halogenated alkanes) is 2. The van der Waals surface area contributed by atoms with E-state index in [9.17, 15) is 0 Å². The third kappa shape index (κ3) is 9.54. The molecule has 0 unspecified atom stereocenters. The summed E-state index contributed by atoms with van der Waals surface area (Å²) < 4.78 is 0. The lowest BCUT2D eigenvalue weighted by molar-refractivity contribution is 0.794. The Kier molecular flexibility index (Phi) is 13.9. The maximum Gasteiger partial charge on any atom is 0.0520 e. The minimum atomic E-state index is 0.727. The molecule has 0 radical (unpaired) electrons. The summed E-state index contributed by atoms with van der Waals surface area (Å²) in [6.07, 6.45) is 7.03. The normalized spacial score (nSPS) is 11.2. The highest BCUT2D eigenvalue weighted by Gasteiger charge is 2.20. The largest absolute Gasteiger partial charge is 0.310 e. The zero-order valence-electron chi connectivity index (χ0n) is 34.0. The van der Waals surface area contributed by atoms with Gasteiger partial charge in [0.2, 0.25) is 0 Å². The fourth-order valence-electron chi connectivity index (χ4n) is 7.66. The fraction of sp³-hybridized carbons (Fsp3) is 0.294. The molecule has 0 aliphatic heterocycles. The maximum absolute atomic E-state index is 4.52. The predicted octanol–water partition coefficient (Wildman–Crippen LogP) is 15.8. The molecule has 0 atom stereocenters. The second kappa shape index (κ2) is 19.0. The van der Waals surface area contributed by atoms with Crippen molar-refractivity contribution in [1.82, 2.24) is 0 Å². The summed E-state index contributed by atoms with van der Waals surface area (Å²) in [7, 11) is 0. The van der Waals surface area contributed by atoms with E-state index in [1.54, 1.807) is 0 Å². The second-order valence-electron chi connectivity index (χ2n) is 14.9. The van der Waals surface area contributed by atoms with Gasteiger partial charge in [-0.25, -0.2) is 0 Å². The van der Waals surface area contributed by atoms with Gasteiger partial charge in [0.25, 0.3) is 0 Å². The number of rotatable bonds is 16. The lowest BCUT2D eigenvalue weighted by atomic mass is 9.98. The highest BCUT2D eigenvalue weighted by molar-refractivity contribution is 7.99. The minimum Gasteiger partial charge on any atom is -0.310 e. The van der Waals surface area contributed by atoms with Crippen LogP contribution < -0.4 is 9.80 Å². The van der Waals surface area contributed by atoms with Crippen molar-refractivity contribution in [3.63, 3.8) is 0 Å². The fourth-order valence-corrected chi connectivity index (χ4v) is 9.06. The van der Waals surface area contributed by atoms with Gasteiger partial charge in [0, 0.05) is 33.4 Å². The van der Waals surface area contributed by atoms with Gasteiger partial charge in [0.1, 0.15) is 0 Å². The molecule has 4 heteroatoms. The number of thiol groups is 1. The molecule has 0 saturated heterocycles. The molecular formula is C51H58N2S2. The van der Waals surface area contributed by atoms with Crippen molar-refractivity contribution in [2.24, 2.45) is 0 Å². The Morgan fingerprint density at radius 1 is 0.473 bits per heavy atom. The van der Waals surface area contributed by atoms with Crippen LogP contribution in [0, 0.1) is 27.7 Å². The summed E-state index contributed by atoms with van der Waals surface area (Å²) in [5.74, 6) is 1.89. The van der Waals surface area contributed by atoms with Crippen LogP contribution in [-0.2, 0) is 18.6 Å². The van der Waals surface area contributed by atoms with Crippen LogP contribution in [0.25, 0.3) is 11.1 Å². The van der Waals surface area contributed by atoms with Gasteiger partial charge in [0.15, 0.2) is 0 Å². The van der Waals surface area contributed by atoms with Gasteiger partial charge in [0.05, 0.1) is 11.4 Å². The molecule has 6 aromatic rings. The van der Waals surface area contributed by atoms with Crippen LogP contribution in [0.2, 0.25) is 0 Å². The summed E-state index contributed by atoms with van der Waals surface area (Å²) >= 11 is 6.49. The molecule has 0 aliphatic carbocycles. The number of hydrogen-bond donors (Lipinski definition) is 1. The van der Waals surface area contributed by atoms with Crippen LogP contribution in [0.1, 0.15) is 85.4 Å². The standard InChI is InChI=1S/C51H58N2S2/c1-8-11-13-42-31-36(4)50(37(5)32-42)52(46-24-16-41(35-54)17-25-46)47-26-18-43(19-27-47)44-20-28-48(29-21-44)53(45-22-14-40(10-3)15-23-45)51-38(6)33-49(34-39(51)7)55-30-12-9-2/h14-29,31-34,54H,8-13,30,35H2,1-7H3. The average molecular weight is 763 g/mol. The zero-order chi connectivity index (χ0) is 38.9. The molecule has 0 saturated carbocycles. The topological polar surface area (TPSA) is 6.48 Å². The van der Waals surface area contributed by atoms with Gasteiger partial charge in [-0.2, -0.15) is 12.6 Å². The van der Waals surface area contributed by atoms with E-state index < -0.39 is 0 Å². The van der Waals surface area contributed by atoms with Crippen molar-refractivity contribution in [3.05, 3.63) is 160 Å². The minimum absolute atomic E-state index is 0.727. The summed E-state index contributed by atoms with van der Waals surface area (Å²) in [6, 6.07) is 45.6. The quantitative estimate of drug-likeness (QED) is 0.0596. The smallest absolute Gasteiger partial charge is 0.0520 e. The monoisotopic (exact) mass is 762 g/mol. The van der Waals surface area contributed by atoms with Crippen molar-refractivity contribution in [2.45, 2.75) is 97.6 Å². The number of hydrogen-bond acceptors (Lipinski definition) is 4. The summed E-state index contributed by atoms with van der Waals surface area (Å²) in [5.41, 5.74) is 18.7. The molecular weight excluding hydrogens is 705 g/mol. The molecule has 0 spiro atoms. The Hall–Kier alpha value is -4.38. The number of anilines is 6. The molecule has 0 aliphatic rings. The predicted molar refractivity (Wildman–Crippen MR) is 247 cm³/mol. The number of thioether (sulfide) groups is 1. The van der Waals surface area contributed by atoms with Crippen molar-refractivity contribution in [2.75, 3.05) is 15.6 Å². The molecule has 2 nitrogen and oxygen atoms in total. The maximum atomic E-state index is 4.52. The first kappa shape index (κ1) is 40.3. The van der Waals surface area contributed by atoms with Crippen LogP contribution in [0.4, 0.5) is 34.1 Å². The Balaban J connectivity index is 1.34. The van der Waals surface area contributed by atoms with Crippen molar-refractivity contribution in [1.29, 1.82) is 0 Å². The molecule has 0 aromatic heterocycles. The number of benzene rings is 6. The van der Waals surface area contributed by atoms with Crippen molar-refractivity contribution in [3.8, 4) is 11.1 Å². The molecule has 0 bridgehead atoms. The molecule has 55 heavy (non-hydrogen) atoms. The van der Waals surface area contributed by atoms with Gasteiger partial charge >= 0.3 is 0 Å². The van der Waals surface area contributed by atoms with E-state index in [2.05, 4.69) is 192 Å². The average Bonchev–Trinajstić information content (AvgIpc) is 3.20. The Labute approximate surface area is 341 Å². The van der Waals surface area contributed by atoms with E-state index >= 15 is 0 Å². The third-order valence-electron chi connectivity index (χ3n) is 10.6. The second-order valence-corrected chi connectivity index (χ2v) is 16.4. The van der Waals surface area contributed by atoms with Gasteiger partial charge in [-0.15, -0.1) is 11.8 Å². The van der Waals surface area contributed by atoms with Crippen LogP contribution in [0.3, 0.4) is 0 Å². The highest BCUT2D eigenvalue weighted by Crippen LogP contribution is 2.43. The van der Waals surface area contributed by atoms with E-state index in [4.69, 9.17) is 0 Å². The molecule has 6 rings (SSSR count). The lowest BCUT2D eigenvalue weighted by Gasteiger charge is -2.30. The van der Waals surface area contributed by atoms with E-state index in [1.165, 1.54) is 97.7 Å². The van der Waals surface area contributed by atoms with Gasteiger partial charge in [-0.3, -0.25) is 0 Å². The van der Waals surface area contributed by atoms with Gasteiger partial charge in [-0.1, -0.05) is 94.3 Å². The summed E-state index contributed by atoms with van der Waals surface area (Å²) in [6.45, 7) is 15.8. The molecule has 0 N–H and O–H groups in total. The Bertz CT molecular complexity index is 2100. The van der Waals surface area contributed by atoms with E-state index in [0.29, 0.717) is 0 Å². The Morgan fingerprint density at radius 2 is 0.873 bits per heavy atom. The van der Waals surface area contributed by atoms with E-state index in [-0.39, 0.29) is 0 Å². The van der Waals surface area contributed by atoms with Crippen molar-refractivity contribution >= 4 is 58.5 Å². The molecule has 0 fully saturated rings. The number of nitrogens with zero attached hydrogens (tertiary/aromatic N) is 2. The van der Waals surface area contributed by atoms with Crippen LogP contribution in [-0.4, -0.2) is 5.75 Å². The molecule has 0 amide bonds. The van der Waals surface area contributed by atoms with Gasteiger partial charge in [-0.05, 0) is 170 Å². The van der Waals surface area contributed by atoms with Crippen LogP contribution in [0.5, 0.6) is 0 Å². The van der Waals surface area contributed by atoms with E-state index in [1.807, 2.05) is 11.8 Å². The third-order valence-corrected chi connectivity index (χ3v) is 12.0. The first-order valence-electron chi connectivity index (χ1n) is 20.2. The zero-order valence-corrected chi connectivity index (χ0v) is 35.7. The highest BCUT2D eigenvalue weighted by atomic mass is 32.2. The molecule has 284 valence electrons.